The molecule has 0 saturated carbocycles. The van der Waals surface area contributed by atoms with Crippen LogP contribution in [0.1, 0.15) is 22.8 Å². The molecule has 2 aromatic carbocycles. The van der Waals surface area contributed by atoms with Crippen molar-refractivity contribution in [1.82, 2.24) is 0 Å². The van der Waals surface area contributed by atoms with Crippen LogP contribution in [0.15, 0.2) is 42.5 Å². The highest BCUT2D eigenvalue weighted by atomic mass is 19.1. The van der Waals surface area contributed by atoms with E-state index in [1.54, 1.807) is 24.1 Å². The molecule has 0 saturated heterocycles. The topological polar surface area (TPSA) is 32.3 Å². The zero-order valence-corrected chi connectivity index (χ0v) is 12.5. The Hall–Kier alpha value is -2.36. The van der Waals surface area contributed by atoms with Crippen molar-refractivity contribution < 1.29 is 9.18 Å². The Morgan fingerprint density at radius 3 is 2.52 bits per heavy atom. The van der Waals surface area contributed by atoms with Gasteiger partial charge in [0.25, 0.3) is 5.91 Å². The number of aryl methyl sites for hydroxylation is 1. The van der Waals surface area contributed by atoms with Gasteiger partial charge in [0.05, 0.1) is 11.3 Å². The quantitative estimate of drug-likeness (QED) is 0.926. The SMILES string of the molecule is CCN(C(=O)c1cccc(F)c1NC)c1ccccc1C. The van der Waals surface area contributed by atoms with Gasteiger partial charge in [0, 0.05) is 19.3 Å². The van der Waals surface area contributed by atoms with Gasteiger partial charge < -0.3 is 10.2 Å². The third-order valence-corrected chi connectivity index (χ3v) is 3.46. The monoisotopic (exact) mass is 286 g/mol. The number of nitrogens with zero attached hydrogens (tertiary/aromatic N) is 1. The van der Waals surface area contributed by atoms with Gasteiger partial charge in [-0.15, -0.1) is 0 Å². The van der Waals surface area contributed by atoms with Crippen LogP contribution >= 0.6 is 0 Å². The molecule has 0 aliphatic rings. The van der Waals surface area contributed by atoms with Crippen molar-refractivity contribution in [2.75, 3.05) is 23.8 Å². The highest BCUT2D eigenvalue weighted by Crippen LogP contribution is 2.25. The molecule has 0 spiro atoms. The zero-order valence-electron chi connectivity index (χ0n) is 12.5. The highest BCUT2D eigenvalue weighted by Gasteiger charge is 2.21. The summed E-state index contributed by atoms with van der Waals surface area (Å²) in [5, 5.41) is 2.77. The van der Waals surface area contributed by atoms with Gasteiger partial charge in [-0.25, -0.2) is 4.39 Å². The molecule has 4 heteroatoms. The maximum absolute atomic E-state index is 13.8. The number of benzene rings is 2. The van der Waals surface area contributed by atoms with Crippen LogP contribution in [-0.2, 0) is 0 Å². The van der Waals surface area contributed by atoms with Crippen molar-refractivity contribution in [2.24, 2.45) is 0 Å². The second kappa shape index (κ2) is 6.39. The molecule has 21 heavy (non-hydrogen) atoms. The Morgan fingerprint density at radius 1 is 1.19 bits per heavy atom. The molecule has 1 amide bonds. The second-order valence-corrected chi connectivity index (χ2v) is 4.75. The van der Waals surface area contributed by atoms with E-state index >= 15 is 0 Å². The van der Waals surface area contributed by atoms with E-state index in [-0.39, 0.29) is 11.6 Å². The van der Waals surface area contributed by atoms with Crippen LogP contribution < -0.4 is 10.2 Å². The number of para-hydroxylation sites is 2. The number of halogens is 1. The van der Waals surface area contributed by atoms with Gasteiger partial charge in [-0.05, 0) is 37.6 Å². The molecular weight excluding hydrogens is 267 g/mol. The lowest BCUT2D eigenvalue weighted by atomic mass is 10.1. The number of nitrogens with one attached hydrogen (secondary N) is 1. The largest absolute Gasteiger partial charge is 0.385 e. The van der Waals surface area contributed by atoms with Gasteiger partial charge in [0.15, 0.2) is 0 Å². The van der Waals surface area contributed by atoms with Gasteiger partial charge in [0.2, 0.25) is 0 Å². The molecule has 0 aliphatic carbocycles. The summed E-state index contributed by atoms with van der Waals surface area (Å²) < 4.78 is 13.8. The Bertz CT molecular complexity index is 655. The van der Waals surface area contributed by atoms with E-state index in [2.05, 4.69) is 5.32 Å². The molecule has 0 bridgehead atoms. The molecular formula is C17H19FN2O. The van der Waals surface area contributed by atoms with E-state index in [4.69, 9.17) is 0 Å². The zero-order chi connectivity index (χ0) is 15.4. The molecule has 110 valence electrons. The number of amides is 1. The lowest BCUT2D eigenvalue weighted by Crippen LogP contribution is -2.31. The first-order valence-corrected chi connectivity index (χ1v) is 6.94. The van der Waals surface area contributed by atoms with Gasteiger partial charge in [-0.2, -0.15) is 0 Å². The Balaban J connectivity index is 2.47. The first kappa shape index (κ1) is 15.0. The van der Waals surface area contributed by atoms with Crippen LogP contribution in [-0.4, -0.2) is 19.5 Å². The number of carbonyl (C=O) groups excluding carboxylic acids is 1. The normalized spacial score (nSPS) is 10.3. The third kappa shape index (κ3) is 2.89. The average Bonchev–Trinajstić information content (AvgIpc) is 2.49. The minimum Gasteiger partial charge on any atom is -0.385 e. The predicted octanol–water partition coefficient (Wildman–Crippen LogP) is 3.84. The lowest BCUT2D eigenvalue weighted by Gasteiger charge is -2.24. The van der Waals surface area contributed by atoms with Crippen LogP contribution in [0, 0.1) is 12.7 Å². The summed E-state index contributed by atoms with van der Waals surface area (Å²) in [7, 11) is 1.61. The highest BCUT2D eigenvalue weighted by molar-refractivity contribution is 6.09. The van der Waals surface area contributed by atoms with E-state index in [9.17, 15) is 9.18 Å². The fourth-order valence-electron chi connectivity index (χ4n) is 2.39. The summed E-state index contributed by atoms with van der Waals surface area (Å²) in [5.41, 5.74) is 2.42. The van der Waals surface area contributed by atoms with E-state index in [1.165, 1.54) is 6.07 Å². The van der Waals surface area contributed by atoms with Crippen molar-refractivity contribution in [3.8, 4) is 0 Å². The van der Waals surface area contributed by atoms with Crippen LogP contribution in [0.25, 0.3) is 0 Å². The van der Waals surface area contributed by atoms with Crippen molar-refractivity contribution in [1.29, 1.82) is 0 Å². The number of hydrogen-bond donors (Lipinski definition) is 1. The lowest BCUT2D eigenvalue weighted by molar-refractivity contribution is 0.0988. The smallest absolute Gasteiger partial charge is 0.260 e. The van der Waals surface area contributed by atoms with Crippen molar-refractivity contribution in [3.05, 3.63) is 59.4 Å². The third-order valence-electron chi connectivity index (χ3n) is 3.46. The van der Waals surface area contributed by atoms with Gasteiger partial charge in [-0.3, -0.25) is 4.79 Å². The maximum Gasteiger partial charge on any atom is 0.260 e. The summed E-state index contributed by atoms with van der Waals surface area (Å²) >= 11 is 0. The van der Waals surface area contributed by atoms with Crippen LogP contribution in [0.2, 0.25) is 0 Å². The first-order chi connectivity index (χ1) is 10.1. The van der Waals surface area contributed by atoms with Crippen LogP contribution in [0.5, 0.6) is 0 Å². The molecule has 0 radical (unpaired) electrons. The van der Waals surface area contributed by atoms with Crippen LogP contribution in [0.3, 0.4) is 0 Å². The molecule has 0 fully saturated rings. The van der Waals surface area contributed by atoms with Gasteiger partial charge >= 0.3 is 0 Å². The minimum atomic E-state index is -0.427. The Morgan fingerprint density at radius 2 is 1.90 bits per heavy atom. The summed E-state index contributed by atoms with van der Waals surface area (Å²) in [6.45, 7) is 4.38. The molecule has 1 N–H and O–H groups in total. The first-order valence-electron chi connectivity index (χ1n) is 6.94. The molecule has 3 nitrogen and oxygen atoms in total. The molecule has 0 heterocycles. The van der Waals surface area contributed by atoms with E-state index in [0.717, 1.165) is 11.3 Å². The molecule has 0 aliphatic heterocycles. The van der Waals surface area contributed by atoms with Crippen molar-refractivity contribution in [2.45, 2.75) is 13.8 Å². The molecule has 2 rings (SSSR count). The summed E-state index contributed by atoms with van der Waals surface area (Å²) in [6, 6.07) is 12.2. The minimum absolute atomic E-state index is 0.212. The molecule has 2 aromatic rings. The van der Waals surface area contributed by atoms with Crippen molar-refractivity contribution in [3.63, 3.8) is 0 Å². The van der Waals surface area contributed by atoms with E-state index in [1.807, 2.05) is 38.1 Å². The maximum atomic E-state index is 13.8. The number of hydrogen-bond acceptors (Lipinski definition) is 2. The Labute approximate surface area is 124 Å². The molecule has 0 aromatic heterocycles. The van der Waals surface area contributed by atoms with E-state index in [0.29, 0.717) is 12.1 Å². The number of rotatable bonds is 4. The predicted molar refractivity (Wildman–Crippen MR) is 84.5 cm³/mol. The average molecular weight is 286 g/mol. The van der Waals surface area contributed by atoms with Gasteiger partial charge in [0.1, 0.15) is 5.82 Å². The molecule has 0 unspecified atom stereocenters. The second-order valence-electron chi connectivity index (χ2n) is 4.75. The number of anilines is 2. The summed E-state index contributed by atoms with van der Waals surface area (Å²) in [4.78, 5) is 14.4. The van der Waals surface area contributed by atoms with E-state index < -0.39 is 5.82 Å². The molecule has 0 atom stereocenters. The van der Waals surface area contributed by atoms with Gasteiger partial charge in [-0.1, -0.05) is 24.3 Å². The number of carbonyl (C=O) groups is 1. The standard InChI is InChI=1S/C17H19FN2O/c1-4-20(15-11-6-5-8-12(15)2)17(21)13-9-7-10-14(18)16(13)19-3/h5-11,19H,4H2,1-3H3. The Kier molecular flexibility index (Phi) is 4.58. The summed E-state index contributed by atoms with van der Waals surface area (Å²) in [6.07, 6.45) is 0. The fraction of sp³-hybridized carbons (Fsp3) is 0.235. The fourth-order valence-corrected chi connectivity index (χ4v) is 2.39. The van der Waals surface area contributed by atoms with Crippen molar-refractivity contribution >= 4 is 17.3 Å². The van der Waals surface area contributed by atoms with Crippen LogP contribution in [0.4, 0.5) is 15.8 Å². The summed E-state index contributed by atoms with van der Waals surface area (Å²) in [5.74, 6) is -0.639.